The summed E-state index contributed by atoms with van der Waals surface area (Å²) in [6, 6.07) is 14.2. The molecule has 1 aliphatic rings. The standard InChI is InChI=1S/C20H23NOS/c1-15-5-3-6-16(2)19(15)20(22)18-8-4-7-17(13-18)14-21-9-11-23-12-10-21/h3-8,13H,9-12,14H2,1-2H3. The highest BCUT2D eigenvalue weighted by Gasteiger charge is 2.16. The normalized spacial score (nSPS) is 15.6. The van der Waals surface area contributed by atoms with Crippen molar-refractivity contribution in [3.05, 3.63) is 70.3 Å². The fourth-order valence-electron chi connectivity index (χ4n) is 3.15. The Kier molecular flexibility index (Phi) is 5.19. The van der Waals surface area contributed by atoms with Crippen LogP contribution in [-0.2, 0) is 6.54 Å². The maximum Gasteiger partial charge on any atom is 0.193 e. The van der Waals surface area contributed by atoms with Crippen molar-refractivity contribution in [1.29, 1.82) is 0 Å². The van der Waals surface area contributed by atoms with E-state index in [9.17, 15) is 4.79 Å². The smallest absolute Gasteiger partial charge is 0.193 e. The zero-order valence-electron chi connectivity index (χ0n) is 13.8. The molecule has 0 radical (unpaired) electrons. The van der Waals surface area contributed by atoms with Gasteiger partial charge in [-0.25, -0.2) is 0 Å². The number of thioether (sulfide) groups is 1. The van der Waals surface area contributed by atoms with Crippen molar-refractivity contribution in [2.75, 3.05) is 24.6 Å². The molecular weight excluding hydrogens is 302 g/mol. The molecule has 0 spiro atoms. The van der Waals surface area contributed by atoms with E-state index in [1.165, 1.54) is 17.1 Å². The Balaban J connectivity index is 1.83. The zero-order valence-corrected chi connectivity index (χ0v) is 14.7. The Bertz CT molecular complexity index is 684. The van der Waals surface area contributed by atoms with Crippen molar-refractivity contribution in [3.63, 3.8) is 0 Å². The average molecular weight is 325 g/mol. The molecule has 0 amide bonds. The Morgan fingerprint density at radius 3 is 2.39 bits per heavy atom. The number of carbonyl (C=O) groups is 1. The molecule has 2 nitrogen and oxygen atoms in total. The Morgan fingerprint density at radius 1 is 1.04 bits per heavy atom. The van der Waals surface area contributed by atoms with Gasteiger partial charge in [-0.05, 0) is 36.6 Å². The van der Waals surface area contributed by atoms with Crippen LogP contribution in [0.25, 0.3) is 0 Å². The van der Waals surface area contributed by atoms with Crippen LogP contribution in [0.3, 0.4) is 0 Å². The highest BCUT2D eigenvalue weighted by molar-refractivity contribution is 7.99. The first-order chi connectivity index (χ1) is 11.1. The molecule has 0 bridgehead atoms. The third-order valence-electron chi connectivity index (χ3n) is 4.41. The van der Waals surface area contributed by atoms with E-state index in [-0.39, 0.29) is 5.78 Å². The molecule has 3 rings (SSSR count). The Labute approximate surface area is 142 Å². The van der Waals surface area contributed by atoms with Gasteiger partial charge in [0.15, 0.2) is 5.78 Å². The second-order valence-corrected chi connectivity index (χ2v) is 7.41. The van der Waals surface area contributed by atoms with Gasteiger partial charge in [-0.1, -0.05) is 36.4 Å². The first-order valence-electron chi connectivity index (χ1n) is 8.15. The van der Waals surface area contributed by atoms with Gasteiger partial charge in [0.25, 0.3) is 0 Å². The van der Waals surface area contributed by atoms with Crippen LogP contribution < -0.4 is 0 Å². The summed E-state index contributed by atoms with van der Waals surface area (Å²) in [4.78, 5) is 15.4. The molecule has 1 heterocycles. The lowest BCUT2D eigenvalue weighted by Crippen LogP contribution is -2.32. The van der Waals surface area contributed by atoms with Crippen LogP contribution in [0.2, 0.25) is 0 Å². The monoisotopic (exact) mass is 325 g/mol. The number of aryl methyl sites for hydroxylation is 2. The molecule has 0 aromatic heterocycles. The number of carbonyl (C=O) groups excluding carboxylic acids is 1. The summed E-state index contributed by atoms with van der Waals surface area (Å²) in [6.07, 6.45) is 0. The van der Waals surface area contributed by atoms with Crippen LogP contribution in [0.15, 0.2) is 42.5 Å². The lowest BCUT2D eigenvalue weighted by atomic mass is 9.94. The lowest BCUT2D eigenvalue weighted by Gasteiger charge is -2.26. The van der Waals surface area contributed by atoms with Gasteiger partial charge >= 0.3 is 0 Å². The van der Waals surface area contributed by atoms with Crippen LogP contribution in [-0.4, -0.2) is 35.3 Å². The molecule has 0 unspecified atom stereocenters. The Hall–Kier alpha value is -1.58. The third kappa shape index (κ3) is 3.85. The molecule has 1 saturated heterocycles. The predicted octanol–water partition coefficient (Wildman–Crippen LogP) is 4.08. The van der Waals surface area contributed by atoms with Crippen molar-refractivity contribution in [1.82, 2.24) is 4.90 Å². The zero-order chi connectivity index (χ0) is 16.2. The van der Waals surface area contributed by atoms with Crippen molar-refractivity contribution in [2.45, 2.75) is 20.4 Å². The van der Waals surface area contributed by atoms with Crippen molar-refractivity contribution in [3.8, 4) is 0 Å². The van der Waals surface area contributed by atoms with E-state index in [0.29, 0.717) is 0 Å². The van der Waals surface area contributed by atoms with Gasteiger partial charge in [0, 0.05) is 42.3 Å². The fourth-order valence-corrected chi connectivity index (χ4v) is 4.12. The Morgan fingerprint density at radius 2 is 1.70 bits per heavy atom. The van der Waals surface area contributed by atoms with Gasteiger partial charge in [0.05, 0.1) is 0 Å². The maximum atomic E-state index is 12.9. The molecule has 1 fully saturated rings. The lowest BCUT2D eigenvalue weighted by molar-refractivity contribution is 0.103. The molecule has 2 aromatic carbocycles. The molecule has 23 heavy (non-hydrogen) atoms. The number of rotatable bonds is 4. The summed E-state index contributed by atoms with van der Waals surface area (Å²) < 4.78 is 0. The summed E-state index contributed by atoms with van der Waals surface area (Å²) in [5, 5.41) is 0. The van der Waals surface area contributed by atoms with E-state index >= 15 is 0 Å². The van der Waals surface area contributed by atoms with E-state index in [0.717, 1.165) is 41.9 Å². The number of ketones is 1. The third-order valence-corrected chi connectivity index (χ3v) is 5.35. The molecule has 1 aliphatic heterocycles. The first kappa shape index (κ1) is 16.3. The molecule has 2 aromatic rings. The van der Waals surface area contributed by atoms with Crippen LogP contribution in [0.5, 0.6) is 0 Å². The summed E-state index contributed by atoms with van der Waals surface area (Å²) >= 11 is 2.02. The summed E-state index contributed by atoms with van der Waals surface area (Å²) in [5.74, 6) is 2.55. The fraction of sp³-hybridized carbons (Fsp3) is 0.350. The minimum absolute atomic E-state index is 0.136. The molecule has 0 saturated carbocycles. The van der Waals surface area contributed by atoms with Crippen LogP contribution in [0.4, 0.5) is 0 Å². The highest BCUT2D eigenvalue weighted by Crippen LogP contribution is 2.20. The summed E-state index contributed by atoms with van der Waals surface area (Å²) in [6.45, 7) is 7.24. The predicted molar refractivity (Wildman–Crippen MR) is 98.4 cm³/mol. The average Bonchev–Trinajstić information content (AvgIpc) is 2.56. The second kappa shape index (κ2) is 7.33. The summed E-state index contributed by atoms with van der Waals surface area (Å²) in [7, 11) is 0. The van der Waals surface area contributed by atoms with Crippen LogP contribution in [0.1, 0.15) is 32.6 Å². The molecule has 120 valence electrons. The SMILES string of the molecule is Cc1cccc(C)c1C(=O)c1cccc(CN2CCSCC2)c1. The largest absolute Gasteiger partial charge is 0.297 e. The number of benzene rings is 2. The highest BCUT2D eigenvalue weighted by atomic mass is 32.2. The van der Waals surface area contributed by atoms with Gasteiger partial charge in [-0.2, -0.15) is 11.8 Å². The van der Waals surface area contributed by atoms with E-state index in [1.807, 2.05) is 55.9 Å². The van der Waals surface area contributed by atoms with Crippen LogP contribution >= 0.6 is 11.8 Å². The van der Waals surface area contributed by atoms with E-state index in [2.05, 4.69) is 17.0 Å². The minimum Gasteiger partial charge on any atom is -0.297 e. The minimum atomic E-state index is 0.136. The molecule has 0 N–H and O–H groups in total. The topological polar surface area (TPSA) is 20.3 Å². The molecule has 3 heteroatoms. The van der Waals surface area contributed by atoms with Crippen molar-refractivity contribution < 1.29 is 4.79 Å². The van der Waals surface area contributed by atoms with E-state index < -0.39 is 0 Å². The van der Waals surface area contributed by atoms with Gasteiger partial charge in [0.2, 0.25) is 0 Å². The van der Waals surface area contributed by atoms with E-state index in [1.54, 1.807) is 0 Å². The van der Waals surface area contributed by atoms with Gasteiger partial charge in [-0.15, -0.1) is 0 Å². The number of nitrogens with zero attached hydrogens (tertiary/aromatic N) is 1. The van der Waals surface area contributed by atoms with Crippen LogP contribution in [0, 0.1) is 13.8 Å². The van der Waals surface area contributed by atoms with Crippen molar-refractivity contribution in [2.24, 2.45) is 0 Å². The first-order valence-corrected chi connectivity index (χ1v) is 9.30. The number of hydrogen-bond donors (Lipinski definition) is 0. The van der Waals surface area contributed by atoms with Crippen molar-refractivity contribution >= 4 is 17.5 Å². The summed E-state index contributed by atoms with van der Waals surface area (Å²) in [5.41, 5.74) is 4.97. The van der Waals surface area contributed by atoms with Gasteiger partial charge in [0.1, 0.15) is 0 Å². The molecule has 0 atom stereocenters. The second-order valence-electron chi connectivity index (χ2n) is 6.18. The van der Waals surface area contributed by atoms with Gasteiger partial charge in [-0.3, -0.25) is 9.69 Å². The maximum absolute atomic E-state index is 12.9. The van der Waals surface area contributed by atoms with Gasteiger partial charge < -0.3 is 0 Å². The number of hydrogen-bond acceptors (Lipinski definition) is 3. The molecule has 0 aliphatic carbocycles. The molecular formula is C20H23NOS. The quantitative estimate of drug-likeness (QED) is 0.790. The van der Waals surface area contributed by atoms with E-state index in [4.69, 9.17) is 0 Å².